The van der Waals surface area contributed by atoms with Gasteiger partial charge in [-0.2, -0.15) is 0 Å². The molecule has 0 aliphatic heterocycles. The molecule has 0 heterocycles. The van der Waals surface area contributed by atoms with Gasteiger partial charge in [0.1, 0.15) is 0 Å². The molecule has 1 atom stereocenters. The number of hydrogen-bond donors (Lipinski definition) is 0. The van der Waals surface area contributed by atoms with Crippen LogP contribution in [0, 0.1) is 11.8 Å². The van der Waals surface area contributed by atoms with Gasteiger partial charge in [0.15, 0.2) is 0 Å². The first-order chi connectivity index (χ1) is 8.42. The molecule has 4 heteroatoms. The van der Waals surface area contributed by atoms with Crippen molar-refractivity contribution in [2.24, 2.45) is 11.8 Å². The number of esters is 2. The van der Waals surface area contributed by atoms with E-state index in [1.807, 2.05) is 13.8 Å². The molecule has 106 valence electrons. The Hall–Kier alpha value is -1.06. The lowest BCUT2D eigenvalue weighted by molar-refractivity contribution is -0.189. The molecule has 0 amide bonds. The van der Waals surface area contributed by atoms with Crippen molar-refractivity contribution in [3.63, 3.8) is 0 Å². The van der Waals surface area contributed by atoms with E-state index in [0.29, 0.717) is 0 Å². The molecule has 4 nitrogen and oxygen atoms in total. The summed E-state index contributed by atoms with van der Waals surface area (Å²) in [6.07, 6.45) is 2.72. The molecule has 0 bridgehead atoms. The van der Waals surface area contributed by atoms with Gasteiger partial charge in [-0.3, -0.25) is 9.59 Å². The Balaban J connectivity index is 4.22. The average Bonchev–Trinajstić information content (AvgIpc) is 2.28. The minimum absolute atomic E-state index is 0.0831. The van der Waals surface area contributed by atoms with Crippen molar-refractivity contribution in [3.8, 4) is 0 Å². The standard InChI is InChI=1S/C14H26O4/c1-6-8-12(9-7-2)14(16)18-11(5)17-13(15)10(3)4/h10-12H,6-9H2,1-5H3. The second kappa shape index (κ2) is 8.95. The summed E-state index contributed by atoms with van der Waals surface area (Å²) < 4.78 is 10.2. The summed E-state index contributed by atoms with van der Waals surface area (Å²) in [5.41, 5.74) is 0. The first-order valence-corrected chi connectivity index (χ1v) is 6.83. The molecule has 0 aromatic carbocycles. The molecule has 0 saturated heterocycles. The Morgan fingerprint density at radius 3 is 1.72 bits per heavy atom. The van der Waals surface area contributed by atoms with Crippen LogP contribution in [0.25, 0.3) is 0 Å². The molecule has 0 aliphatic rings. The van der Waals surface area contributed by atoms with Gasteiger partial charge in [0.25, 0.3) is 0 Å². The summed E-state index contributed by atoms with van der Waals surface area (Å²) in [6.45, 7) is 9.14. The smallest absolute Gasteiger partial charge is 0.311 e. The second-order valence-corrected chi connectivity index (χ2v) is 4.87. The fourth-order valence-corrected chi connectivity index (χ4v) is 1.66. The zero-order valence-corrected chi connectivity index (χ0v) is 12.2. The molecule has 0 saturated carbocycles. The summed E-state index contributed by atoms with van der Waals surface area (Å²) in [6, 6.07) is 0. The van der Waals surface area contributed by atoms with Gasteiger partial charge in [-0.25, -0.2) is 0 Å². The molecule has 0 N–H and O–H groups in total. The van der Waals surface area contributed by atoms with E-state index in [0.717, 1.165) is 25.7 Å². The van der Waals surface area contributed by atoms with E-state index in [2.05, 4.69) is 0 Å². The highest BCUT2D eigenvalue weighted by atomic mass is 16.7. The maximum absolute atomic E-state index is 11.9. The van der Waals surface area contributed by atoms with Crippen molar-refractivity contribution in [1.82, 2.24) is 0 Å². The SMILES string of the molecule is CCCC(CCC)C(=O)OC(C)OC(=O)C(C)C. The topological polar surface area (TPSA) is 52.6 Å². The van der Waals surface area contributed by atoms with Gasteiger partial charge in [-0.15, -0.1) is 0 Å². The highest BCUT2D eigenvalue weighted by molar-refractivity contribution is 5.74. The Morgan fingerprint density at radius 1 is 0.889 bits per heavy atom. The maximum Gasteiger partial charge on any atom is 0.311 e. The molecule has 1 unspecified atom stereocenters. The van der Waals surface area contributed by atoms with Crippen molar-refractivity contribution < 1.29 is 19.1 Å². The van der Waals surface area contributed by atoms with Crippen LogP contribution < -0.4 is 0 Å². The third kappa shape index (κ3) is 6.62. The zero-order chi connectivity index (χ0) is 14.1. The van der Waals surface area contributed by atoms with Crippen molar-refractivity contribution in [2.75, 3.05) is 0 Å². The van der Waals surface area contributed by atoms with Gasteiger partial charge >= 0.3 is 11.9 Å². The van der Waals surface area contributed by atoms with Gasteiger partial charge in [-0.05, 0) is 12.8 Å². The molecular formula is C14H26O4. The highest BCUT2D eigenvalue weighted by Crippen LogP contribution is 2.16. The first kappa shape index (κ1) is 16.9. The predicted molar refractivity (Wildman–Crippen MR) is 69.8 cm³/mol. The van der Waals surface area contributed by atoms with Gasteiger partial charge in [-0.1, -0.05) is 40.5 Å². The first-order valence-electron chi connectivity index (χ1n) is 6.83. The van der Waals surface area contributed by atoms with E-state index < -0.39 is 6.29 Å². The van der Waals surface area contributed by atoms with Crippen LogP contribution in [0.15, 0.2) is 0 Å². The third-order valence-electron chi connectivity index (χ3n) is 2.64. The van der Waals surface area contributed by atoms with E-state index in [-0.39, 0.29) is 23.8 Å². The van der Waals surface area contributed by atoms with Crippen LogP contribution in [0.2, 0.25) is 0 Å². The van der Waals surface area contributed by atoms with Crippen molar-refractivity contribution in [3.05, 3.63) is 0 Å². The number of hydrogen-bond acceptors (Lipinski definition) is 4. The van der Waals surface area contributed by atoms with Gasteiger partial charge in [0.05, 0.1) is 11.8 Å². The second-order valence-electron chi connectivity index (χ2n) is 4.87. The molecule has 0 spiro atoms. The fraction of sp³-hybridized carbons (Fsp3) is 0.857. The summed E-state index contributed by atoms with van der Waals surface area (Å²) >= 11 is 0. The van der Waals surface area contributed by atoms with E-state index in [9.17, 15) is 9.59 Å². The maximum atomic E-state index is 11.9. The zero-order valence-electron chi connectivity index (χ0n) is 12.2. The number of rotatable bonds is 8. The molecular weight excluding hydrogens is 232 g/mol. The number of carbonyl (C=O) groups excluding carboxylic acids is 2. The minimum Gasteiger partial charge on any atom is -0.425 e. The summed E-state index contributed by atoms with van der Waals surface area (Å²) in [4.78, 5) is 23.2. The predicted octanol–water partition coefficient (Wildman–Crippen LogP) is 3.29. The van der Waals surface area contributed by atoms with Gasteiger partial charge < -0.3 is 9.47 Å². The molecule has 0 aliphatic carbocycles. The Bertz CT molecular complexity index is 255. The van der Waals surface area contributed by atoms with Crippen molar-refractivity contribution in [2.45, 2.75) is 66.6 Å². The van der Waals surface area contributed by atoms with Crippen LogP contribution >= 0.6 is 0 Å². The normalized spacial score (nSPS) is 12.6. The van der Waals surface area contributed by atoms with Crippen LogP contribution in [-0.4, -0.2) is 18.2 Å². The highest BCUT2D eigenvalue weighted by Gasteiger charge is 2.22. The quantitative estimate of drug-likeness (QED) is 0.495. The average molecular weight is 258 g/mol. The molecule has 0 aromatic heterocycles. The fourth-order valence-electron chi connectivity index (χ4n) is 1.66. The van der Waals surface area contributed by atoms with Crippen LogP contribution in [0.5, 0.6) is 0 Å². The molecule has 0 rings (SSSR count). The van der Waals surface area contributed by atoms with Gasteiger partial charge in [0, 0.05) is 6.92 Å². The van der Waals surface area contributed by atoms with Crippen LogP contribution in [0.4, 0.5) is 0 Å². The van der Waals surface area contributed by atoms with Crippen LogP contribution in [-0.2, 0) is 19.1 Å². The van der Waals surface area contributed by atoms with Crippen molar-refractivity contribution in [1.29, 1.82) is 0 Å². The van der Waals surface area contributed by atoms with Crippen LogP contribution in [0.1, 0.15) is 60.3 Å². The summed E-state index contributed by atoms with van der Waals surface area (Å²) in [5, 5.41) is 0. The van der Waals surface area contributed by atoms with E-state index in [4.69, 9.17) is 9.47 Å². The van der Waals surface area contributed by atoms with Gasteiger partial charge in [0.2, 0.25) is 6.29 Å². The monoisotopic (exact) mass is 258 g/mol. The number of ether oxygens (including phenoxy) is 2. The third-order valence-corrected chi connectivity index (χ3v) is 2.64. The molecule has 18 heavy (non-hydrogen) atoms. The lowest BCUT2D eigenvalue weighted by atomic mass is 9.99. The van der Waals surface area contributed by atoms with Crippen LogP contribution in [0.3, 0.4) is 0 Å². The lowest BCUT2D eigenvalue weighted by Crippen LogP contribution is -2.27. The lowest BCUT2D eigenvalue weighted by Gasteiger charge is -2.19. The Morgan fingerprint density at radius 2 is 1.33 bits per heavy atom. The minimum atomic E-state index is -0.802. The summed E-state index contributed by atoms with van der Waals surface area (Å²) in [7, 11) is 0. The largest absolute Gasteiger partial charge is 0.425 e. The molecule has 0 fully saturated rings. The summed E-state index contributed by atoms with van der Waals surface area (Å²) in [5.74, 6) is -0.908. The van der Waals surface area contributed by atoms with E-state index in [1.54, 1.807) is 20.8 Å². The number of carbonyl (C=O) groups is 2. The molecule has 0 radical (unpaired) electrons. The Labute approximate surface area is 110 Å². The molecule has 0 aromatic rings. The van der Waals surface area contributed by atoms with E-state index in [1.165, 1.54) is 0 Å². The Kier molecular flexibility index (Phi) is 8.42. The van der Waals surface area contributed by atoms with Crippen molar-refractivity contribution >= 4 is 11.9 Å². The van der Waals surface area contributed by atoms with E-state index >= 15 is 0 Å².